The minimum absolute atomic E-state index is 0. The van der Waals surface area contributed by atoms with Gasteiger partial charge in [-0.2, -0.15) is 0 Å². The number of aryl methyl sites for hydroxylation is 1. The van der Waals surface area contributed by atoms with Crippen molar-refractivity contribution >= 4 is 50.5 Å². The van der Waals surface area contributed by atoms with E-state index in [1.165, 1.54) is 0 Å². The Hall–Kier alpha value is -2.09. The maximum atomic E-state index is 12.8. The van der Waals surface area contributed by atoms with Gasteiger partial charge in [0.1, 0.15) is 5.82 Å². The first-order chi connectivity index (χ1) is 14.8. The number of sulfone groups is 1. The lowest BCUT2D eigenvalue weighted by Gasteiger charge is -2.32. The lowest BCUT2D eigenvalue weighted by Crippen LogP contribution is -2.40. The van der Waals surface area contributed by atoms with Crippen LogP contribution in [0.2, 0.25) is 5.02 Å². The highest BCUT2D eigenvalue weighted by Crippen LogP contribution is 2.24. The Morgan fingerprint density at radius 1 is 1.12 bits per heavy atom. The summed E-state index contributed by atoms with van der Waals surface area (Å²) < 4.78 is 27.7. The molecule has 1 aliphatic heterocycles. The zero-order valence-corrected chi connectivity index (χ0v) is 20.3. The van der Waals surface area contributed by atoms with Crippen LogP contribution in [0.4, 0.5) is 0 Å². The second kappa shape index (κ2) is 10.2. The van der Waals surface area contributed by atoms with Crippen molar-refractivity contribution in [1.29, 1.82) is 0 Å². The summed E-state index contributed by atoms with van der Waals surface area (Å²) in [5, 5.41) is 2.31. The summed E-state index contributed by atoms with van der Waals surface area (Å²) in [6.45, 7) is 4.25. The molecule has 1 aromatic heterocycles. The summed E-state index contributed by atoms with van der Waals surface area (Å²) in [7, 11) is -3.54. The van der Waals surface area contributed by atoms with E-state index in [9.17, 15) is 13.2 Å². The van der Waals surface area contributed by atoms with Crippen LogP contribution in [-0.4, -0.2) is 47.6 Å². The number of imidazole rings is 1. The predicted octanol–water partition coefficient (Wildman–Crippen LogP) is 4.52. The molecule has 0 saturated carbocycles. The van der Waals surface area contributed by atoms with Crippen molar-refractivity contribution in [3.8, 4) is 0 Å². The van der Waals surface area contributed by atoms with Crippen molar-refractivity contribution in [3.63, 3.8) is 0 Å². The van der Waals surface area contributed by atoms with Crippen molar-refractivity contribution in [2.75, 3.05) is 18.8 Å². The molecule has 3 aromatic rings. The van der Waals surface area contributed by atoms with Gasteiger partial charge in [-0.1, -0.05) is 23.7 Å². The van der Waals surface area contributed by atoms with Gasteiger partial charge in [0, 0.05) is 43.5 Å². The lowest BCUT2D eigenvalue weighted by molar-refractivity contribution is -0.132. The second-order valence-electron chi connectivity index (χ2n) is 8.17. The summed E-state index contributed by atoms with van der Waals surface area (Å²) in [5.74, 6) is 1.24. The maximum absolute atomic E-state index is 12.8. The Labute approximate surface area is 199 Å². The Morgan fingerprint density at radius 3 is 2.50 bits per heavy atom. The van der Waals surface area contributed by atoms with Crippen molar-refractivity contribution < 1.29 is 13.2 Å². The average molecular weight is 496 g/mol. The van der Waals surface area contributed by atoms with Gasteiger partial charge in [0.2, 0.25) is 5.91 Å². The first kappa shape index (κ1) is 24.6. The highest BCUT2D eigenvalue weighted by atomic mass is 35.5. The highest BCUT2D eigenvalue weighted by molar-refractivity contribution is 7.91. The second-order valence-corrected chi connectivity index (χ2v) is 10.7. The molecule has 0 spiro atoms. The summed E-state index contributed by atoms with van der Waals surface area (Å²) >= 11 is 5.99. The zero-order valence-electron chi connectivity index (χ0n) is 17.9. The summed E-state index contributed by atoms with van der Waals surface area (Å²) in [6.07, 6.45) is 5.64. The summed E-state index contributed by atoms with van der Waals surface area (Å²) in [5.41, 5.74) is 0. The van der Waals surface area contributed by atoms with E-state index < -0.39 is 9.84 Å². The SMILES string of the molecule is Cc1nccn1CC1CCN(C(=O)CCS(=O)(=O)c2ccc3cc(Cl)ccc3c2)CC1.Cl. The molecule has 9 heteroatoms. The van der Waals surface area contributed by atoms with Crippen LogP contribution in [0.15, 0.2) is 53.7 Å². The number of fused-ring (bicyclic) bond motifs is 1. The number of piperidine rings is 1. The number of amides is 1. The van der Waals surface area contributed by atoms with Gasteiger partial charge in [-0.05, 0) is 60.7 Å². The van der Waals surface area contributed by atoms with Gasteiger partial charge in [-0.3, -0.25) is 4.79 Å². The quantitative estimate of drug-likeness (QED) is 0.503. The van der Waals surface area contributed by atoms with E-state index >= 15 is 0 Å². The number of rotatable bonds is 6. The number of nitrogens with zero attached hydrogens (tertiary/aromatic N) is 3. The van der Waals surface area contributed by atoms with E-state index in [1.54, 1.807) is 47.5 Å². The monoisotopic (exact) mass is 495 g/mol. The molecule has 1 amide bonds. The third kappa shape index (κ3) is 5.63. The van der Waals surface area contributed by atoms with Crippen LogP contribution in [0.25, 0.3) is 10.8 Å². The van der Waals surface area contributed by atoms with Crippen molar-refractivity contribution in [3.05, 3.63) is 59.6 Å². The van der Waals surface area contributed by atoms with Gasteiger partial charge in [0.05, 0.1) is 10.6 Å². The molecule has 1 saturated heterocycles. The smallest absolute Gasteiger partial charge is 0.223 e. The zero-order chi connectivity index (χ0) is 22.0. The number of carbonyl (C=O) groups excluding carboxylic acids is 1. The third-order valence-corrected chi connectivity index (χ3v) is 8.01. The molecular weight excluding hydrogens is 469 g/mol. The molecule has 2 aromatic carbocycles. The molecule has 0 aliphatic carbocycles. The molecule has 0 atom stereocenters. The van der Waals surface area contributed by atoms with Crippen LogP contribution in [0.5, 0.6) is 0 Å². The molecule has 2 heterocycles. The van der Waals surface area contributed by atoms with Gasteiger partial charge < -0.3 is 9.47 Å². The van der Waals surface area contributed by atoms with Gasteiger partial charge in [-0.25, -0.2) is 13.4 Å². The predicted molar refractivity (Wildman–Crippen MR) is 129 cm³/mol. The van der Waals surface area contributed by atoms with Crippen LogP contribution < -0.4 is 0 Å². The van der Waals surface area contributed by atoms with E-state index in [0.717, 1.165) is 36.0 Å². The van der Waals surface area contributed by atoms with E-state index in [0.29, 0.717) is 24.0 Å². The van der Waals surface area contributed by atoms with Gasteiger partial charge >= 0.3 is 0 Å². The van der Waals surface area contributed by atoms with Gasteiger partial charge in [0.25, 0.3) is 0 Å². The molecule has 4 rings (SSSR count). The first-order valence-electron chi connectivity index (χ1n) is 10.5. The molecule has 0 bridgehead atoms. The number of hydrogen-bond donors (Lipinski definition) is 0. The van der Waals surface area contributed by atoms with E-state index in [-0.39, 0.29) is 35.4 Å². The molecule has 1 fully saturated rings. The van der Waals surface area contributed by atoms with Crippen molar-refractivity contribution in [1.82, 2.24) is 14.5 Å². The van der Waals surface area contributed by atoms with Gasteiger partial charge in [0.15, 0.2) is 9.84 Å². The highest BCUT2D eigenvalue weighted by Gasteiger charge is 2.25. The Bertz CT molecular complexity index is 1200. The van der Waals surface area contributed by atoms with Crippen LogP contribution in [0, 0.1) is 12.8 Å². The lowest BCUT2D eigenvalue weighted by atomic mass is 9.96. The Kier molecular flexibility index (Phi) is 7.85. The number of likely N-dealkylation sites (tertiary alicyclic amines) is 1. The average Bonchev–Trinajstić information content (AvgIpc) is 3.16. The maximum Gasteiger partial charge on any atom is 0.223 e. The number of hydrogen-bond acceptors (Lipinski definition) is 4. The Balaban J connectivity index is 0.00000289. The number of aromatic nitrogens is 2. The molecule has 0 radical (unpaired) electrons. The fourth-order valence-corrected chi connectivity index (χ4v) is 5.57. The number of carbonyl (C=O) groups is 1. The van der Waals surface area contributed by atoms with Crippen LogP contribution in [-0.2, 0) is 21.2 Å². The Morgan fingerprint density at radius 2 is 1.81 bits per heavy atom. The molecule has 0 N–H and O–H groups in total. The van der Waals surface area contributed by atoms with E-state index in [1.807, 2.05) is 13.1 Å². The van der Waals surface area contributed by atoms with Crippen molar-refractivity contribution in [2.45, 2.75) is 37.6 Å². The van der Waals surface area contributed by atoms with E-state index in [4.69, 9.17) is 11.6 Å². The van der Waals surface area contributed by atoms with Crippen LogP contribution in [0.3, 0.4) is 0 Å². The number of benzene rings is 2. The minimum atomic E-state index is -3.54. The molecule has 32 heavy (non-hydrogen) atoms. The van der Waals surface area contributed by atoms with Crippen LogP contribution >= 0.6 is 24.0 Å². The van der Waals surface area contributed by atoms with E-state index in [2.05, 4.69) is 9.55 Å². The first-order valence-corrected chi connectivity index (χ1v) is 12.5. The van der Waals surface area contributed by atoms with Gasteiger partial charge in [-0.15, -0.1) is 12.4 Å². The molecular formula is C23H27Cl2N3O3S. The van der Waals surface area contributed by atoms with Crippen molar-refractivity contribution in [2.24, 2.45) is 5.92 Å². The molecule has 1 aliphatic rings. The fourth-order valence-electron chi connectivity index (χ4n) is 4.13. The van der Waals surface area contributed by atoms with Crippen LogP contribution in [0.1, 0.15) is 25.1 Å². The number of halogens is 2. The summed E-state index contributed by atoms with van der Waals surface area (Å²) in [4.78, 5) is 18.9. The molecule has 6 nitrogen and oxygen atoms in total. The minimum Gasteiger partial charge on any atom is -0.343 e. The largest absolute Gasteiger partial charge is 0.343 e. The molecule has 0 unspecified atom stereocenters. The topological polar surface area (TPSA) is 72.3 Å². The third-order valence-electron chi connectivity index (χ3n) is 6.06. The fraction of sp³-hybridized carbons (Fsp3) is 0.391. The summed E-state index contributed by atoms with van der Waals surface area (Å²) in [6, 6.07) is 10.3. The normalized spacial score (nSPS) is 15.0. The standard InChI is InChI=1S/C23H26ClN3O3S.ClH/c1-17-25-9-12-27(17)16-18-6-10-26(11-7-18)23(28)8-13-31(29,30)22-5-3-19-14-21(24)4-2-20(19)15-22;/h2-5,9,12,14-15,18H,6-8,10-11,13,16H2,1H3;1H. The molecule has 172 valence electrons.